The number of nitrogens with one attached hydrogen (secondary N) is 2. The Bertz CT molecular complexity index is 240. The molecule has 0 atom stereocenters. The molecule has 0 amide bonds. The normalized spacial score (nSPS) is 16.0. The van der Waals surface area contributed by atoms with Crippen LogP contribution in [-0.4, -0.2) is 50.1 Å². The van der Waals surface area contributed by atoms with Gasteiger partial charge in [-0.05, 0) is 52.2 Å². The van der Waals surface area contributed by atoms with Gasteiger partial charge in [-0.1, -0.05) is 19.8 Å². The highest BCUT2D eigenvalue weighted by atomic mass is 127. The second-order valence-corrected chi connectivity index (χ2v) is 5.30. The quantitative estimate of drug-likeness (QED) is 0.273. The first-order chi connectivity index (χ1) is 9.36. The van der Waals surface area contributed by atoms with E-state index in [0.29, 0.717) is 0 Å². The molecule has 0 saturated carbocycles. The van der Waals surface area contributed by atoms with Crippen LogP contribution in [0, 0.1) is 0 Å². The van der Waals surface area contributed by atoms with Crippen LogP contribution < -0.4 is 10.6 Å². The van der Waals surface area contributed by atoms with Crippen LogP contribution in [0.4, 0.5) is 0 Å². The minimum atomic E-state index is 0. The van der Waals surface area contributed by atoms with Crippen molar-refractivity contribution in [1.29, 1.82) is 0 Å². The van der Waals surface area contributed by atoms with Crippen molar-refractivity contribution in [1.82, 2.24) is 15.5 Å². The summed E-state index contributed by atoms with van der Waals surface area (Å²) in [5, 5.41) is 6.72. The van der Waals surface area contributed by atoms with Crippen molar-refractivity contribution < 1.29 is 0 Å². The summed E-state index contributed by atoms with van der Waals surface area (Å²) < 4.78 is 0. The Morgan fingerprint density at radius 3 is 2.45 bits per heavy atom. The zero-order valence-corrected chi connectivity index (χ0v) is 15.6. The van der Waals surface area contributed by atoms with Crippen molar-refractivity contribution in [2.75, 3.05) is 39.3 Å². The van der Waals surface area contributed by atoms with Gasteiger partial charge in [-0.2, -0.15) is 0 Å². The number of hydrogen-bond acceptors (Lipinski definition) is 2. The molecule has 0 unspecified atom stereocenters. The summed E-state index contributed by atoms with van der Waals surface area (Å²) in [6.07, 6.45) is 7.72. The summed E-state index contributed by atoms with van der Waals surface area (Å²) >= 11 is 0. The maximum absolute atomic E-state index is 4.64. The molecular weight excluding hydrogens is 363 g/mol. The predicted octanol–water partition coefficient (Wildman–Crippen LogP) is 2.84. The molecule has 0 bridgehead atoms. The second kappa shape index (κ2) is 13.9. The molecule has 1 heterocycles. The first-order valence-electron chi connectivity index (χ1n) is 8.11. The predicted molar refractivity (Wildman–Crippen MR) is 99.2 cm³/mol. The van der Waals surface area contributed by atoms with Crippen molar-refractivity contribution in [3.63, 3.8) is 0 Å². The molecule has 120 valence electrons. The molecule has 0 spiro atoms. The van der Waals surface area contributed by atoms with Gasteiger partial charge >= 0.3 is 0 Å². The Labute approximate surface area is 142 Å². The lowest BCUT2D eigenvalue weighted by Crippen LogP contribution is -2.38. The Hall–Kier alpha value is -0.0400. The smallest absolute Gasteiger partial charge is 0.191 e. The molecule has 1 rings (SSSR count). The van der Waals surface area contributed by atoms with Gasteiger partial charge in [-0.15, -0.1) is 24.0 Å². The zero-order valence-electron chi connectivity index (χ0n) is 13.3. The molecule has 1 aliphatic heterocycles. The average molecular weight is 396 g/mol. The third kappa shape index (κ3) is 9.80. The van der Waals surface area contributed by atoms with Crippen LogP contribution in [0.5, 0.6) is 0 Å². The van der Waals surface area contributed by atoms with E-state index in [-0.39, 0.29) is 24.0 Å². The molecule has 0 aromatic heterocycles. The minimum absolute atomic E-state index is 0. The van der Waals surface area contributed by atoms with Crippen LogP contribution in [0.2, 0.25) is 0 Å². The summed E-state index contributed by atoms with van der Waals surface area (Å²) in [4.78, 5) is 7.19. The number of rotatable bonds is 9. The van der Waals surface area contributed by atoms with Gasteiger partial charge in [-0.25, -0.2) is 0 Å². The van der Waals surface area contributed by atoms with Gasteiger partial charge in [-0.3, -0.25) is 4.99 Å². The minimum Gasteiger partial charge on any atom is -0.357 e. The Balaban J connectivity index is 0.00000361. The van der Waals surface area contributed by atoms with Crippen LogP contribution in [0.3, 0.4) is 0 Å². The SMILES string of the molecule is CCCCCNC(=NCCCN1CCCC1)NCC.I. The Morgan fingerprint density at radius 1 is 1.05 bits per heavy atom. The van der Waals surface area contributed by atoms with E-state index in [1.165, 1.54) is 58.2 Å². The molecule has 1 saturated heterocycles. The number of nitrogens with zero attached hydrogens (tertiary/aromatic N) is 2. The van der Waals surface area contributed by atoms with Crippen LogP contribution >= 0.6 is 24.0 Å². The summed E-state index contributed by atoms with van der Waals surface area (Å²) in [6, 6.07) is 0. The molecule has 20 heavy (non-hydrogen) atoms. The van der Waals surface area contributed by atoms with Gasteiger partial charge < -0.3 is 15.5 Å². The van der Waals surface area contributed by atoms with E-state index >= 15 is 0 Å². The first kappa shape index (κ1) is 20.0. The number of likely N-dealkylation sites (tertiary alicyclic amines) is 1. The number of aliphatic imine (C=N–C) groups is 1. The average Bonchev–Trinajstić information content (AvgIpc) is 2.92. The fourth-order valence-electron chi connectivity index (χ4n) is 2.41. The van der Waals surface area contributed by atoms with Gasteiger partial charge in [0.25, 0.3) is 0 Å². The topological polar surface area (TPSA) is 39.7 Å². The van der Waals surface area contributed by atoms with E-state index in [4.69, 9.17) is 0 Å². The van der Waals surface area contributed by atoms with E-state index in [1.807, 2.05) is 0 Å². The number of unbranched alkanes of at least 4 members (excludes halogenated alkanes) is 2. The highest BCUT2D eigenvalue weighted by Gasteiger charge is 2.09. The number of guanidine groups is 1. The van der Waals surface area contributed by atoms with E-state index in [2.05, 4.69) is 34.4 Å². The molecule has 1 fully saturated rings. The van der Waals surface area contributed by atoms with E-state index < -0.39 is 0 Å². The monoisotopic (exact) mass is 396 g/mol. The summed E-state index contributed by atoms with van der Waals surface area (Å²) in [5.74, 6) is 0.986. The van der Waals surface area contributed by atoms with Gasteiger partial charge in [0.2, 0.25) is 0 Å². The van der Waals surface area contributed by atoms with Crippen LogP contribution in [0.1, 0.15) is 52.4 Å². The standard InChI is InChI=1S/C15H32N4.HI/c1-3-5-6-10-17-15(16-4-2)18-11-9-14-19-12-7-8-13-19;/h3-14H2,1-2H3,(H2,16,17,18);1H. The molecule has 0 aromatic rings. The maximum Gasteiger partial charge on any atom is 0.191 e. The van der Waals surface area contributed by atoms with E-state index in [0.717, 1.165) is 25.6 Å². The maximum atomic E-state index is 4.64. The molecule has 0 radical (unpaired) electrons. The molecule has 0 aromatic carbocycles. The molecule has 2 N–H and O–H groups in total. The lowest BCUT2D eigenvalue weighted by atomic mass is 10.2. The van der Waals surface area contributed by atoms with Crippen molar-refractivity contribution >= 4 is 29.9 Å². The van der Waals surface area contributed by atoms with E-state index in [1.54, 1.807) is 0 Å². The molecule has 5 heteroatoms. The molecule has 4 nitrogen and oxygen atoms in total. The van der Waals surface area contributed by atoms with Gasteiger partial charge in [0.15, 0.2) is 5.96 Å². The summed E-state index contributed by atoms with van der Waals surface area (Å²) in [7, 11) is 0. The fourth-order valence-corrected chi connectivity index (χ4v) is 2.41. The lowest BCUT2D eigenvalue weighted by molar-refractivity contribution is 0.336. The lowest BCUT2D eigenvalue weighted by Gasteiger charge is -2.14. The highest BCUT2D eigenvalue weighted by Crippen LogP contribution is 2.07. The van der Waals surface area contributed by atoms with Crippen molar-refractivity contribution in [3.05, 3.63) is 0 Å². The Kier molecular flexibility index (Phi) is 13.9. The van der Waals surface area contributed by atoms with Crippen molar-refractivity contribution in [3.8, 4) is 0 Å². The second-order valence-electron chi connectivity index (χ2n) is 5.30. The first-order valence-corrected chi connectivity index (χ1v) is 8.11. The summed E-state index contributed by atoms with van der Waals surface area (Å²) in [6.45, 7) is 11.0. The molecule has 1 aliphatic rings. The van der Waals surface area contributed by atoms with Crippen molar-refractivity contribution in [2.24, 2.45) is 4.99 Å². The Morgan fingerprint density at radius 2 is 1.80 bits per heavy atom. The van der Waals surface area contributed by atoms with Crippen LogP contribution in [-0.2, 0) is 0 Å². The fraction of sp³-hybridized carbons (Fsp3) is 0.933. The molecule has 0 aliphatic carbocycles. The zero-order chi connectivity index (χ0) is 13.8. The summed E-state index contributed by atoms with van der Waals surface area (Å²) in [5.41, 5.74) is 0. The van der Waals surface area contributed by atoms with Gasteiger partial charge in [0.1, 0.15) is 0 Å². The largest absolute Gasteiger partial charge is 0.357 e. The van der Waals surface area contributed by atoms with Crippen LogP contribution in [0.25, 0.3) is 0 Å². The third-order valence-corrected chi connectivity index (χ3v) is 3.52. The highest BCUT2D eigenvalue weighted by molar-refractivity contribution is 14.0. The van der Waals surface area contributed by atoms with Gasteiger partial charge in [0, 0.05) is 19.6 Å². The molecular formula is C15H33IN4. The number of hydrogen-bond donors (Lipinski definition) is 2. The van der Waals surface area contributed by atoms with Crippen LogP contribution in [0.15, 0.2) is 4.99 Å². The van der Waals surface area contributed by atoms with E-state index in [9.17, 15) is 0 Å². The third-order valence-electron chi connectivity index (χ3n) is 3.52. The van der Waals surface area contributed by atoms with Crippen molar-refractivity contribution in [2.45, 2.75) is 52.4 Å². The number of halogens is 1. The van der Waals surface area contributed by atoms with Gasteiger partial charge in [0.05, 0.1) is 0 Å².